The number of anilines is 1. The first-order valence-corrected chi connectivity index (χ1v) is 9.89. The lowest BCUT2D eigenvalue weighted by Crippen LogP contribution is -2.38. The Morgan fingerprint density at radius 3 is 2.69 bits per heavy atom. The Morgan fingerprint density at radius 2 is 1.93 bits per heavy atom. The minimum absolute atomic E-state index is 0.0567. The van der Waals surface area contributed by atoms with Crippen molar-refractivity contribution in [2.45, 2.75) is 19.3 Å². The van der Waals surface area contributed by atoms with Gasteiger partial charge in [0.1, 0.15) is 0 Å². The molecule has 2 aromatic carbocycles. The van der Waals surface area contributed by atoms with Crippen molar-refractivity contribution >= 4 is 28.6 Å². The normalized spacial score (nSPS) is 23.3. The van der Waals surface area contributed by atoms with Gasteiger partial charge >= 0.3 is 12.0 Å². The van der Waals surface area contributed by atoms with Gasteiger partial charge < -0.3 is 15.3 Å². The van der Waals surface area contributed by atoms with Gasteiger partial charge in [0.15, 0.2) is 0 Å². The maximum absolute atomic E-state index is 12.7. The Bertz CT molecular complexity index is 1090. The van der Waals surface area contributed by atoms with Gasteiger partial charge in [0.2, 0.25) is 0 Å². The number of aromatic nitrogens is 2. The van der Waals surface area contributed by atoms with Gasteiger partial charge in [-0.3, -0.25) is 4.79 Å². The van der Waals surface area contributed by atoms with Crippen LogP contribution in [0.15, 0.2) is 54.7 Å². The maximum atomic E-state index is 12.7. The molecule has 148 valence electrons. The maximum Gasteiger partial charge on any atom is 0.321 e. The molecule has 1 saturated carbocycles. The number of hydrogen-bond donors (Lipinski definition) is 2. The molecule has 7 nitrogen and oxygen atoms in total. The number of para-hydroxylation sites is 1. The summed E-state index contributed by atoms with van der Waals surface area (Å²) < 4.78 is 1.86. The van der Waals surface area contributed by atoms with Crippen molar-refractivity contribution in [3.05, 3.63) is 54.7 Å². The van der Waals surface area contributed by atoms with Gasteiger partial charge in [0, 0.05) is 24.2 Å². The molecule has 2 atom stereocenters. The molecule has 0 bridgehead atoms. The Balaban J connectivity index is 1.30. The fraction of sp³-hybridized carbons (Fsp3) is 0.318. The topological polar surface area (TPSA) is 87.5 Å². The quantitative estimate of drug-likeness (QED) is 0.713. The molecule has 2 fully saturated rings. The molecule has 2 N–H and O–H groups in total. The number of rotatable bonds is 3. The number of hydrogen-bond acceptors (Lipinski definition) is 3. The molecule has 1 aliphatic heterocycles. The van der Waals surface area contributed by atoms with Crippen LogP contribution in [-0.2, 0) is 4.79 Å². The van der Waals surface area contributed by atoms with E-state index in [1.165, 1.54) is 0 Å². The van der Waals surface area contributed by atoms with Gasteiger partial charge in [0.25, 0.3) is 0 Å². The van der Waals surface area contributed by atoms with E-state index in [-0.39, 0.29) is 18.5 Å². The molecule has 0 unspecified atom stereocenters. The van der Waals surface area contributed by atoms with Gasteiger partial charge in [-0.1, -0.05) is 24.6 Å². The van der Waals surface area contributed by atoms with Crippen LogP contribution in [0.5, 0.6) is 0 Å². The van der Waals surface area contributed by atoms with E-state index in [0.717, 1.165) is 29.4 Å². The molecule has 1 aromatic heterocycles. The van der Waals surface area contributed by atoms with Crippen molar-refractivity contribution in [1.29, 1.82) is 0 Å². The molecule has 0 radical (unpaired) electrons. The Morgan fingerprint density at radius 1 is 1.14 bits per heavy atom. The van der Waals surface area contributed by atoms with E-state index in [1.54, 1.807) is 4.90 Å². The third-order valence-electron chi connectivity index (χ3n) is 6.42. The smallest absolute Gasteiger partial charge is 0.321 e. The predicted octanol–water partition coefficient (Wildman–Crippen LogP) is 3.74. The van der Waals surface area contributed by atoms with E-state index in [2.05, 4.69) is 10.4 Å². The van der Waals surface area contributed by atoms with E-state index in [9.17, 15) is 14.7 Å². The number of nitrogens with one attached hydrogen (secondary N) is 1. The zero-order chi connectivity index (χ0) is 20.0. The minimum atomic E-state index is -0.772. The van der Waals surface area contributed by atoms with Crippen LogP contribution < -0.4 is 5.32 Å². The summed E-state index contributed by atoms with van der Waals surface area (Å²) in [5, 5.41) is 18.1. The molecule has 2 heterocycles. The predicted molar refractivity (Wildman–Crippen MR) is 109 cm³/mol. The minimum Gasteiger partial charge on any atom is -0.481 e. The summed E-state index contributed by atoms with van der Waals surface area (Å²) in [5.41, 5.74) is 1.84. The van der Waals surface area contributed by atoms with E-state index in [0.29, 0.717) is 18.7 Å². The number of benzene rings is 2. The summed E-state index contributed by atoms with van der Waals surface area (Å²) >= 11 is 0. The Labute approximate surface area is 167 Å². The average molecular weight is 390 g/mol. The lowest BCUT2D eigenvalue weighted by atomic mass is 9.81. The van der Waals surface area contributed by atoms with Gasteiger partial charge in [-0.25, -0.2) is 9.48 Å². The summed E-state index contributed by atoms with van der Waals surface area (Å²) in [7, 11) is 0. The third-order valence-corrected chi connectivity index (χ3v) is 6.42. The molecule has 1 aliphatic carbocycles. The molecule has 7 heteroatoms. The number of urea groups is 1. The summed E-state index contributed by atoms with van der Waals surface area (Å²) in [6.07, 6.45) is 4.29. The Kier molecular flexibility index (Phi) is 4.04. The largest absolute Gasteiger partial charge is 0.481 e. The number of likely N-dealkylation sites (tertiary alicyclic amines) is 1. The van der Waals surface area contributed by atoms with Crippen molar-refractivity contribution in [3.63, 3.8) is 0 Å². The van der Waals surface area contributed by atoms with Crippen LogP contribution in [0.3, 0.4) is 0 Å². The number of aliphatic carboxylic acids is 1. The summed E-state index contributed by atoms with van der Waals surface area (Å²) in [6.45, 7) is 0.797. The lowest BCUT2D eigenvalue weighted by Gasteiger charge is -2.23. The summed E-state index contributed by atoms with van der Waals surface area (Å²) in [6, 6.07) is 15.2. The highest BCUT2D eigenvalue weighted by atomic mass is 16.4. The number of nitrogens with zero attached hydrogens (tertiary/aromatic N) is 3. The highest BCUT2D eigenvalue weighted by Gasteiger charge is 2.55. The molecule has 1 saturated heterocycles. The molecular weight excluding hydrogens is 368 g/mol. The van der Waals surface area contributed by atoms with Crippen LogP contribution in [0.2, 0.25) is 0 Å². The average Bonchev–Trinajstić information content (AvgIpc) is 3.41. The van der Waals surface area contributed by atoms with Crippen molar-refractivity contribution in [2.24, 2.45) is 11.3 Å². The van der Waals surface area contributed by atoms with E-state index < -0.39 is 11.4 Å². The second kappa shape index (κ2) is 6.62. The summed E-state index contributed by atoms with van der Waals surface area (Å²) in [5.74, 6) is -0.715. The number of fused-ring (bicyclic) bond motifs is 2. The van der Waals surface area contributed by atoms with Gasteiger partial charge in [0.05, 0.1) is 22.8 Å². The molecule has 0 spiro atoms. The van der Waals surface area contributed by atoms with Gasteiger partial charge in [-0.2, -0.15) is 5.10 Å². The first-order valence-electron chi connectivity index (χ1n) is 9.89. The van der Waals surface area contributed by atoms with E-state index >= 15 is 0 Å². The second-order valence-corrected chi connectivity index (χ2v) is 8.02. The molecule has 5 rings (SSSR count). The van der Waals surface area contributed by atoms with Crippen LogP contribution >= 0.6 is 0 Å². The molecular formula is C22H22N4O3. The number of carbonyl (C=O) groups is 2. The first-order chi connectivity index (χ1) is 14.1. The second-order valence-electron chi connectivity index (χ2n) is 8.02. The van der Waals surface area contributed by atoms with Crippen LogP contribution in [0.25, 0.3) is 16.6 Å². The highest BCUT2D eigenvalue weighted by molar-refractivity contribution is 5.91. The monoisotopic (exact) mass is 390 g/mol. The van der Waals surface area contributed by atoms with Crippen LogP contribution in [0.1, 0.15) is 19.3 Å². The van der Waals surface area contributed by atoms with Crippen molar-refractivity contribution in [3.8, 4) is 5.69 Å². The highest BCUT2D eigenvalue weighted by Crippen LogP contribution is 2.48. The molecule has 2 aliphatic rings. The fourth-order valence-electron chi connectivity index (χ4n) is 4.86. The van der Waals surface area contributed by atoms with Crippen molar-refractivity contribution < 1.29 is 14.7 Å². The van der Waals surface area contributed by atoms with Gasteiger partial charge in [-0.15, -0.1) is 0 Å². The van der Waals surface area contributed by atoms with Crippen molar-refractivity contribution in [2.75, 3.05) is 18.4 Å². The van der Waals surface area contributed by atoms with E-state index in [4.69, 9.17) is 0 Å². The first kappa shape index (κ1) is 17.7. The zero-order valence-corrected chi connectivity index (χ0v) is 15.9. The molecule has 2 amide bonds. The number of amides is 2. The SMILES string of the molecule is O=C(Nc1ccc(-n2ncc3ccccc32)cc1)N1C[C@@H]2CCC[C@@]2(C(=O)O)C1. The van der Waals surface area contributed by atoms with E-state index in [1.807, 2.05) is 59.4 Å². The zero-order valence-electron chi connectivity index (χ0n) is 15.9. The number of carboxylic acid groups (broad SMARTS) is 1. The van der Waals surface area contributed by atoms with Gasteiger partial charge in [-0.05, 0) is 49.1 Å². The third kappa shape index (κ3) is 2.85. The number of carboxylic acids is 1. The van der Waals surface area contributed by atoms with Crippen LogP contribution in [0.4, 0.5) is 10.5 Å². The Hall–Kier alpha value is -3.35. The van der Waals surface area contributed by atoms with Crippen LogP contribution in [-0.4, -0.2) is 44.9 Å². The fourth-order valence-corrected chi connectivity index (χ4v) is 4.86. The number of carbonyl (C=O) groups excluding carboxylic acids is 1. The molecule has 3 aromatic rings. The summed E-state index contributed by atoms with van der Waals surface area (Å²) in [4.78, 5) is 26.2. The standard InChI is InChI=1S/C22H22N4O3/c27-20(28)22-11-3-5-16(22)13-25(14-22)21(29)24-17-7-9-18(10-8-17)26-19-6-2-1-4-15(19)12-23-26/h1-2,4,6-10,12,16H,3,5,11,13-14H2,(H,24,29)(H,27,28)/t16-,22+/m0/s1. The lowest BCUT2D eigenvalue weighted by molar-refractivity contribution is -0.149. The molecule has 29 heavy (non-hydrogen) atoms. The van der Waals surface area contributed by atoms with Crippen molar-refractivity contribution in [1.82, 2.24) is 14.7 Å². The van der Waals surface area contributed by atoms with Crippen LogP contribution in [0, 0.1) is 11.3 Å².